The Morgan fingerprint density at radius 2 is 2.05 bits per heavy atom. The minimum atomic E-state index is -0.947. The average molecular weight is 280 g/mol. The van der Waals surface area contributed by atoms with Crippen molar-refractivity contribution in [2.75, 3.05) is 5.73 Å². The smallest absolute Gasteiger partial charge is 0.408 e. The Kier molecular flexibility index (Phi) is 5.30. The summed E-state index contributed by atoms with van der Waals surface area (Å²) in [7, 11) is 0. The van der Waals surface area contributed by atoms with Crippen LogP contribution in [-0.4, -0.2) is 31.6 Å². The second-order valence-electron chi connectivity index (χ2n) is 5.85. The molecule has 3 N–H and O–H groups in total. The molecule has 1 rings (SSSR count). The third-order valence-corrected chi connectivity index (χ3v) is 3.10. The summed E-state index contributed by atoms with van der Waals surface area (Å²) in [6.07, 6.45) is 4.73. The number of hydrogen-bond donors (Lipinski definition) is 2. The van der Waals surface area contributed by atoms with Crippen LogP contribution in [0.1, 0.15) is 58.7 Å². The second-order valence-corrected chi connectivity index (χ2v) is 5.85. The lowest BCUT2D eigenvalue weighted by molar-refractivity contribution is 0.0644. The molecule has 1 heterocycles. The van der Waals surface area contributed by atoms with Gasteiger partial charge in [-0.15, -0.1) is 0 Å². The van der Waals surface area contributed by atoms with Crippen LogP contribution in [0, 0.1) is 0 Å². The van der Waals surface area contributed by atoms with Gasteiger partial charge in [0.15, 0.2) is 0 Å². The van der Waals surface area contributed by atoms with Crippen molar-refractivity contribution in [3.05, 3.63) is 18.1 Å². The summed E-state index contributed by atoms with van der Waals surface area (Å²) >= 11 is 0. The molecule has 0 radical (unpaired) electrons. The number of amides is 1. The minimum Gasteiger partial charge on any atom is -0.465 e. The number of nitrogen functional groups attached to an aromatic ring is 1. The van der Waals surface area contributed by atoms with Crippen LogP contribution in [-0.2, 0) is 0 Å². The number of hydrogen-bond acceptors (Lipinski definition) is 4. The Morgan fingerprint density at radius 1 is 1.40 bits per heavy atom. The van der Waals surface area contributed by atoms with Crippen molar-refractivity contribution in [1.29, 1.82) is 0 Å². The van der Waals surface area contributed by atoms with E-state index in [0.717, 1.165) is 19.3 Å². The molecule has 0 aliphatic rings. The molecule has 0 fully saturated rings. The number of carboxylic acid groups (broad SMARTS) is 1. The lowest BCUT2D eigenvalue weighted by Gasteiger charge is -2.39. The maximum Gasteiger partial charge on any atom is 0.408 e. The maximum absolute atomic E-state index is 11.6. The van der Waals surface area contributed by atoms with Gasteiger partial charge in [-0.05, 0) is 27.2 Å². The molecular weight excluding hydrogens is 256 g/mol. The van der Waals surface area contributed by atoms with E-state index in [0.29, 0.717) is 11.5 Å². The summed E-state index contributed by atoms with van der Waals surface area (Å²) in [5, 5.41) is 9.55. The standard InChI is InChI=1S/C14H24N4O2/c1-5-6-7-11(10-8-17-12(15)9-16-10)18(13(19)20)14(2,3)4/h8-9,11H,5-7H2,1-4H3,(H2,15,17)(H,19,20)/t11-/m0/s1. The molecule has 0 bridgehead atoms. The number of aromatic nitrogens is 2. The van der Waals surface area contributed by atoms with Crippen molar-refractivity contribution in [3.63, 3.8) is 0 Å². The third-order valence-electron chi connectivity index (χ3n) is 3.10. The normalized spacial score (nSPS) is 13.0. The molecule has 0 saturated carbocycles. The molecule has 112 valence electrons. The summed E-state index contributed by atoms with van der Waals surface area (Å²) in [5.74, 6) is 0.334. The Balaban J connectivity index is 3.15. The first-order chi connectivity index (χ1) is 9.27. The van der Waals surface area contributed by atoms with E-state index in [1.54, 1.807) is 6.20 Å². The van der Waals surface area contributed by atoms with Gasteiger partial charge >= 0.3 is 6.09 Å². The first-order valence-electron chi connectivity index (χ1n) is 6.87. The molecule has 0 unspecified atom stereocenters. The van der Waals surface area contributed by atoms with Crippen LogP contribution in [0.5, 0.6) is 0 Å². The molecule has 1 aromatic heterocycles. The fraction of sp³-hybridized carbons (Fsp3) is 0.643. The number of carbonyl (C=O) groups is 1. The van der Waals surface area contributed by atoms with Gasteiger partial charge in [0.25, 0.3) is 0 Å². The molecule has 0 spiro atoms. The molecule has 1 aromatic rings. The first kappa shape index (κ1) is 16.2. The van der Waals surface area contributed by atoms with Crippen LogP contribution in [0.25, 0.3) is 0 Å². The van der Waals surface area contributed by atoms with Crippen molar-refractivity contribution >= 4 is 11.9 Å². The molecule has 20 heavy (non-hydrogen) atoms. The van der Waals surface area contributed by atoms with Gasteiger partial charge in [-0.1, -0.05) is 19.8 Å². The van der Waals surface area contributed by atoms with E-state index >= 15 is 0 Å². The van der Waals surface area contributed by atoms with Gasteiger partial charge in [0.2, 0.25) is 0 Å². The number of anilines is 1. The van der Waals surface area contributed by atoms with Crippen LogP contribution < -0.4 is 5.73 Å². The fourth-order valence-corrected chi connectivity index (χ4v) is 2.21. The Morgan fingerprint density at radius 3 is 2.45 bits per heavy atom. The number of nitrogens with two attached hydrogens (primary N) is 1. The lowest BCUT2D eigenvalue weighted by atomic mass is 9.98. The minimum absolute atomic E-state index is 0.305. The van der Waals surface area contributed by atoms with Gasteiger partial charge in [-0.25, -0.2) is 9.78 Å². The summed E-state index contributed by atoms with van der Waals surface area (Å²) in [5.41, 5.74) is 5.68. The highest BCUT2D eigenvalue weighted by Crippen LogP contribution is 2.31. The fourth-order valence-electron chi connectivity index (χ4n) is 2.21. The third kappa shape index (κ3) is 4.08. The summed E-state index contributed by atoms with van der Waals surface area (Å²) in [6, 6.07) is -0.305. The van der Waals surface area contributed by atoms with Crippen LogP contribution in [0.4, 0.5) is 10.6 Å². The molecular formula is C14H24N4O2. The number of rotatable bonds is 5. The highest BCUT2D eigenvalue weighted by Gasteiger charge is 2.34. The SMILES string of the molecule is CCCC[C@@H](c1cnc(N)cn1)N(C(=O)O)C(C)(C)C. The molecule has 6 nitrogen and oxygen atoms in total. The highest BCUT2D eigenvalue weighted by molar-refractivity contribution is 5.66. The average Bonchev–Trinajstić information content (AvgIpc) is 2.33. The van der Waals surface area contributed by atoms with Crippen molar-refractivity contribution in [3.8, 4) is 0 Å². The molecule has 6 heteroatoms. The Hall–Kier alpha value is -1.85. The molecule has 0 aromatic carbocycles. The topological polar surface area (TPSA) is 92.3 Å². The molecule has 0 aliphatic heterocycles. The quantitative estimate of drug-likeness (QED) is 0.864. The largest absolute Gasteiger partial charge is 0.465 e. The second kappa shape index (κ2) is 6.54. The van der Waals surface area contributed by atoms with Gasteiger partial charge in [0, 0.05) is 5.54 Å². The van der Waals surface area contributed by atoms with Gasteiger partial charge < -0.3 is 10.8 Å². The molecule has 1 atom stereocenters. The van der Waals surface area contributed by atoms with Gasteiger partial charge in [-0.3, -0.25) is 9.88 Å². The van der Waals surface area contributed by atoms with Gasteiger partial charge in [0.1, 0.15) is 5.82 Å². The van der Waals surface area contributed by atoms with Crippen LogP contribution in [0.2, 0.25) is 0 Å². The van der Waals surface area contributed by atoms with Crippen molar-refractivity contribution < 1.29 is 9.90 Å². The van der Waals surface area contributed by atoms with Crippen LogP contribution in [0.15, 0.2) is 12.4 Å². The lowest BCUT2D eigenvalue weighted by Crippen LogP contribution is -2.47. The van der Waals surface area contributed by atoms with E-state index in [1.165, 1.54) is 11.1 Å². The predicted octanol–water partition coefficient (Wildman–Crippen LogP) is 3.07. The zero-order chi connectivity index (χ0) is 15.3. The highest BCUT2D eigenvalue weighted by atomic mass is 16.4. The molecule has 1 amide bonds. The van der Waals surface area contributed by atoms with E-state index in [2.05, 4.69) is 16.9 Å². The van der Waals surface area contributed by atoms with E-state index < -0.39 is 11.6 Å². The van der Waals surface area contributed by atoms with E-state index in [9.17, 15) is 9.90 Å². The maximum atomic E-state index is 11.6. The summed E-state index contributed by atoms with van der Waals surface area (Å²) in [6.45, 7) is 7.72. The Bertz CT molecular complexity index is 439. The van der Waals surface area contributed by atoms with Crippen LogP contribution >= 0.6 is 0 Å². The zero-order valence-corrected chi connectivity index (χ0v) is 12.6. The first-order valence-corrected chi connectivity index (χ1v) is 6.87. The summed E-state index contributed by atoms with van der Waals surface area (Å²) in [4.78, 5) is 21.4. The van der Waals surface area contributed by atoms with Crippen molar-refractivity contribution in [2.45, 2.75) is 58.5 Å². The van der Waals surface area contributed by atoms with Crippen molar-refractivity contribution in [1.82, 2.24) is 14.9 Å². The summed E-state index contributed by atoms with van der Waals surface area (Å²) < 4.78 is 0. The molecule has 0 aliphatic carbocycles. The number of nitrogens with zero attached hydrogens (tertiary/aromatic N) is 3. The van der Waals surface area contributed by atoms with Crippen LogP contribution in [0.3, 0.4) is 0 Å². The predicted molar refractivity (Wildman–Crippen MR) is 78.3 cm³/mol. The van der Waals surface area contributed by atoms with E-state index in [-0.39, 0.29) is 6.04 Å². The van der Waals surface area contributed by atoms with Crippen molar-refractivity contribution in [2.24, 2.45) is 0 Å². The molecule has 0 saturated heterocycles. The zero-order valence-electron chi connectivity index (χ0n) is 12.6. The van der Waals surface area contributed by atoms with E-state index in [1.807, 2.05) is 20.8 Å². The monoisotopic (exact) mass is 280 g/mol. The van der Waals surface area contributed by atoms with Gasteiger partial charge in [-0.2, -0.15) is 0 Å². The van der Waals surface area contributed by atoms with Gasteiger partial charge in [0.05, 0.1) is 24.1 Å². The van der Waals surface area contributed by atoms with E-state index in [4.69, 9.17) is 5.73 Å². The number of unbranched alkanes of at least 4 members (excludes halogenated alkanes) is 1. The Labute approximate surface area is 120 Å².